The molecule has 0 atom stereocenters. The van der Waals surface area contributed by atoms with Crippen molar-refractivity contribution in [3.05, 3.63) is 78.9 Å². The van der Waals surface area contributed by atoms with E-state index < -0.39 is 5.82 Å². The van der Waals surface area contributed by atoms with Crippen molar-refractivity contribution < 1.29 is 8.78 Å². The number of hydrogen-bond acceptors (Lipinski definition) is 5. The number of nitrogens with zero attached hydrogens (tertiary/aromatic N) is 5. The Balaban J connectivity index is 1.56. The molecule has 32 heavy (non-hydrogen) atoms. The fourth-order valence-corrected chi connectivity index (χ4v) is 3.77. The van der Waals surface area contributed by atoms with Gasteiger partial charge in [-0.2, -0.15) is 5.10 Å². The predicted octanol–water partition coefficient (Wildman–Crippen LogP) is 4.90. The van der Waals surface area contributed by atoms with E-state index in [-0.39, 0.29) is 22.5 Å². The molecule has 1 aromatic carbocycles. The average Bonchev–Trinajstić information content (AvgIpc) is 3.45. The van der Waals surface area contributed by atoms with Gasteiger partial charge in [-0.3, -0.25) is 10.1 Å². The maximum absolute atomic E-state index is 15.6. The van der Waals surface area contributed by atoms with Gasteiger partial charge in [0, 0.05) is 47.0 Å². The standard InChI is InChI=1S/C23H13F2N7/c24-16-6-2-1-5-13(16)14-7-9-27-22-19(14)29-23(30-22)20-17-18(25)15(11-28-21(17)32-31-20)12-4-3-8-26-10-12/h1-11H,(H,27,29,30)(H,28,31,32). The van der Waals surface area contributed by atoms with Crippen molar-refractivity contribution in [3.63, 3.8) is 0 Å². The summed E-state index contributed by atoms with van der Waals surface area (Å²) in [5, 5.41) is 7.18. The minimum Gasteiger partial charge on any atom is -0.321 e. The number of aromatic nitrogens is 7. The third-order valence-corrected chi connectivity index (χ3v) is 5.27. The summed E-state index contributed by atoms with van der Waals surface area (Å²) >= 11 is 0. The number of imidazole rings is 1. The molecule has 0 spiro atoms. The molecule has 0 saturated carbocycles. The zero-order valence-corrected chi connectivity index (χ0v) is 16.3. The molecule has 6 aromatic rings. The van der Waals surface area contributed by atoms with Crippen LogP contribution >= 0.6 is 0 Å². The molecule has 0 saturated heterocycles. The SMILES string of the molecule is Fc1ccccc1-c1ccnc2[nH]c(-c3n[nH]c4ncc(-c5cccnc5)c(F)c34)nc12. The van der Waals surface area contributed by atoms with Crippen LogP contribution in [0.5, 0.6) is 0 Å². The highest BCUT2D eigenvalue weighted by molar-refractivity contribution is 5.96. The Morgan fingerprint density at radius 1 is 0.781 bits per heavy atom. The quantitative estimate of drug-likeness (QED) is 0.420. The molecule has 7 nitrogen and oxygen atoms in total. The van der Waals surface area contributed by atoms with Gasteiger partial charge in [-0.1, -0.05) is 24.3 Å². The number of aromatic amines is 2. The monoisotopic (exact) mass is 425 g/mol. The van der Waals surface area contributed by atoms with Crippen molar-refractivity contribution in [2.45, 2.75) is 0 Å². The van der Waals surface area contributed by atoms with Gasteiger partial charge in [-0.15, -0.1) is 0 Å². The molecule has 154 valence electrons. The molecule has 5 heterocycles. The van der Waals surface area contributed by atoms with E-state index in [2.05, 4.69) is 35.1 Å². The van der Waals surface area contributed by atoms with Gasteiger partial charge >= 0.3 is 0 Å². The second-order valence-corrected chi connectivity index (χ2v) is 7.14. The Hall–Kier alpha value is -4.53. The van der Waals surface area contributed by atoms with Crippen molar-refractivity contribution >= 4 is 22.2 Å². The highest BCUT2D eigenvalue weighted by Gasteiger charge is 2.21. The van der Waals surface area contributed by atoms with Crippen LogP contribution in [-0.4, -0.2) is 35.1 Å². The Bertz CT molecular complexity index is 1610. The van der Waals surface area contributed by atoms with E-state index in [4.69, 9.17) is 0 Å². The number of nitrogens with one attached hydrogen (secondary N) is 2. The zero-order chi connectivity index (χ0) is 21.7. The Labute approximate surface area is 179 Å². The van der Waals surface area contributed by atoms with E-state index in [1.54, 1.807) is 55.0 Å². The molecule has 0 aliphatic carbocycles. The average molecular weight is 425 g/mol. The van der Waals surface area contributed by atoms with Crippen molar-refractivity contribution in [1.29, 1.82) is 0 Å². The summed E-state index contributed by atoms with van der Waals surface area (Å²) in [5.41, 5.74) is 3.31. The van der Waals surface area contributed by atoms with E-state index in [1.807, 2.05) is 0 Å². The number of halogens is 2. The topological polar surface area (TPSA) is 96.0 Å². The molecule has 9 heteroatoms. The van der Waals surface area contributed by atoms with Gasteiger partial charge < -0.3 is 4.98 Å². The Morgan fingerprint density at radius 3 is 2.53 bits per heavy atom. The number of rotatable bonds is 3. The summed E-state index contributed by atoms with van der Waals surface area (Å²) in [7, 11) is 0. The first-order valence-electron chi connectivity index (χ1n) is 9.73. The van der Waals surface area contributed by atoms with Crippen LogP contribution in [0.4, 0.5) is 8.78 Å². The summed E-state index contributed by atoms with van der Waals surface area (Å²) in [6.45, 7) is 0. The van der Waals surface area contributed by atoms with Crippen LogP contribution < -0.4 is 0 Å². The molecule has 0 aliphatic heterocycles. The molecule has 0 fully saturated rings. The van der Waals surface area contributed by atoms with Crippen LogP contribution in [0, 0.1) is 11.6 Å². The maximum Gasteiger partial charge on any atom is 0.161 e. The van der Waals surface area contributed by atoms with Crippen molar-refractivity contribution in [2.24, 2.45) is 0 Å². The number of H-pyrrole nitrogens is 2. The highest BCUT2D eigenvalue weighted by atomic mass is 19.1. The van der Waals surface area contributed by atoms with Gasteiger partial charge in [0.05, 0.1) is 5.39 Å². The third-order valence-electron chi connectivity index (χ3n) is 5.27. The first-order chi connectivity index (χ1) is 15.7. The Morgan fingerprint density at radius 2 is 1.69 bits per heavy atom. The normalized spacial score (nSPS) is 11.4. The fraction of sp³-hybridized carbons (Fsp3) is 0. The van der Waals surface area contributed by atoms with Crippen molar-refractivity contribution in [2.75, 3.05) is 0 Å². The minimum atomic E-state index is -0.491. The molecule has 0 radical (unpaired) electrons. The van der Waals surface area contributed by atoms with Gasteiger partial charge in [0.25, 0.3) is 0 Å². The molecule has 0 amide bonds. The molecule has 2 N–H and O–H groups in total. The molecule has 0 aliphatic rings. The summed E-state index contributed by atoms with van der Waals surface area (Å²) in [6, 6.07) is 11.6. The minimum absolute atomic E-state index is 0.192. The van der Waals surface area contributed by atoms with Crippen LogP contribution in [0.15, 0.2) is 67.3 Å². The molecule has 0 unspecified atom stereocenters. The number of hydrogen-bond donors (Lipinski definition) is 2. The molecule has 0 bridgehead atoms. The predicted molar refractivity (Wildman–Crippen MR) is 115 cm³/mol. The summed E-state index contributed by atoms with van der Waals surface area (Å²) < 4.78 is 30.0. The summed E-state index contributed by atoms with van der Waals surface area (Å²) in [4.78, 5) is 20.3. The third kappa shape index (κ3) is 2.75. The van der Waals surface area contributed by atoms with Gasteiger partial charge in [-0.05, 0) is 18.2 Å². The second-order valence-electron chi connectivity index (χ2n) is 7.14. The van der Waals surface area contributed by atoms with Crippen LogP contribution in [0.3, 0.4) is 0 Å². The lowest BCUT2D eigenvalue weighted by Gasteiger charge is -2.03. The number of benzene rings is 1. The molecule has 5 aromatic heterocycles. The molecular weight excluding hydrogens is 412 g/mol. The number of pyridine rings is 3. The van der Waals surface area contributed by atoms with Gasteiger partial charge in [0.2, 0.25) is 0 Å². The van der Waals surface area contributed by atoms with Gasteiger partial charge in [0.1, 0.15) is 22.8 Å². The Kier molecular flexibility index (Phi) is 4.00. The first kappa shape index (κ1) is 18.3. The lowest BCUT2D eigenvalue weighted by Crippen LogP contribution is -1.91. The number of fused-ring (bicyclic) bond motifs is 2. The zero-order valence-electron chi connectivity index (χ0n) is 16.3. The van der Waals surface area contributed by atoms with E-state index in [0.29, 0.717) is 39.2 Å². The maximum atomic E-state index is 15.6. The van der Waals surface area contributed by atoms with E-state index >= 15 is 4.39 Å². The smallest absolute Gasteiger partial charge is 0.161 e. The van der Waals surface area contributed by atoms with Gasteiger partial charge in [-0.25, -0.2) is 23.7 Å². The summed E-state index contributed by atoms with van der Waals surface area (Å²) in [6.07, 6.45) is 6.19. The van der Waals surface area contributed by atoms with Crippen molar-refractivity contribution in [1.82, 2.24) is 35.1 Å². The summed E-state index contributed by atoms with van der Waals surface area (Å²) in [5.74, 6) is -0.563. The van der Waals surface area contributed by atoms with E-state index in [1.165, 1.54) is 12.3 Å². The lowest BCUT2D eigenvalue weighted by atomic mass is 10.1. The first-order valence-corrected chi connectivity index (χ1v) is 9.73. The van der Waals surface area contributed by atoms with Crippen LogP contribution in [0.25, 0.3) is 56.0 Å². The highest BCUT2D eigenvalue weighted by Crippen LogP contribution is 2.34. The van der Waals surface area contributed by atoms with Gasteiger partial charge in [0.15, 0.2) is 17.1 Å². The van der Waals surface area contributed by atoms with Crippen molar-refractivity contribution in [3.8, 4) is 33.8 Å². The fourth-order valence-electron chi connectivity index (χ4n) is 3.77. The molecule has 6 rings (SSSR count). The molecular formula is C23H13F2N7. The lowest BCUT2D eigenvalue weighted by molar-refractivity contribution is 0.631. The second kappa shape index (κ2) is 7.02. The van der Waals surface area contributed by atoms with Crippen LogP contribution in [0.1, 0.15) is 0 Å². The van der Waals surface area contributed by atoms with E-state index in [0.717, 1.165) is 0 Å². The largest absolute Gasteiger partial charge is 0.321 e. The van der Waals surface area contributed by atoms with Crippen LogP contribution in [0.2, 0.25) is 0 Å². The van der Waals surface area contributed by atoms with Crippen LogP contribution in [-0.2, 0) is 0 Å². The van der Waals surface area contributed by atoms with E-state index in [9.17, 15) is 4.39 Å².